The summed E-state index contributed by atoms with van der Waals surface area (Å²) in [4.78, 5) is 27.0. The van der Waals surface area contributed by atoms with Crippen LogP contribution in [0.2, 0.25) is 0 Å². The lowest BCUT2D eigenvalue weighted by Crippen LogP contribution is -2.39. The van der Waals surface area contributed by atoms with Gasteiger partial charge >= 0.3 is 0 Å². The van der Waals surface area contributed by atoms with Crippen molar-refractivity contribution in [3.63, 3.8) is 0 Å². The molecule has 6 nitrogen and oxygen atoms in total. The monoisotopic (exact) mass is 424 g/mol. The minimum Gasteiger partial charge on any atom is -0.338 e. The average molecular weight is 425 g/mol. The van der Waals surface area contributed by atoms with Crippen LogP contribution in [0.3, 0.4) is 0 Å². The van der Waals surface area contributed by atoms with Gasteiger partial charge in [-0.25, -0.2) is 4.39 Å². The van der Waals surface area contributed by atoms with Gasteiger partial charge in [-0.3, -0.25) is 9.59 Å². The highest BCUT2D eigenvalue weighted by Crippen LogP contribution is 2.30. The number of likely N-dealkylation sites (tertiary alicyclic amines) is 1. The maximum Gasteiger partial charge on any atom is 0.286 e. The predicted octanol–water partition coefficient (Wildman–Crippen LogP) is 4.26. The van der Waals surface area contributed by atoms with Crippen LogP contribution in [0.25, 0.3) is 0 Å². The van der Waals surface area contributed by atoms with Gasteiger partial charge in [-0.15, -0.1) is 10.2 Å². The molecule has 3 aromatic rings. The van der Waals surface area contributed by atoms with Gasteiger partial charge in [-0.05, 0) is 49.6 Å². The third-order valence-corrected chi connectivity index (χ3v) is 6.24. The smallest absolute Gasteiger partial charge is 0.286 e. The number of anilines is 1. The number of halogens is 1. The number of aromatic nitrogens is 2. The zero-order chi connectivity index (χ0) is 21.1. The number of rotatable bonds is 4. The van der Waals surface area contributed by atoms with Gasteiger partial charge in [0, 0.05) is 30.3 Å². The molecule has 8 heteroatoms. The molecule has 1 aliphatic heterocycles. The third kappa shape index (κ3) is 4.38. The maximum atomic E-state index is 13.5. The van der Waals surface area contributed by atoms with E-state index in [1.54, 1.807) is 11.0 Å². The summed E-state index contributed by atoms with van der Waals surface area (Å²) >= 11 is 1.25. The number of hydrogen-bond acceptors (Lipinski definition) is 5. The molecule has 4 rings (SSSR count). The molecule has 1 aliphatic rings. The Morgan fingerprint density at radius 3 is 2.80 bits per heavy atom. The van der Waals surface area contributed by atoms with Gasteiger partial charge in [0.05, 0.1) is 0 Å². The molecule has 2 amide bonds. The Hall–Kier alpha value is -3.13. The number of para-hydroxylation sites is 1. The molecule has 2 aromatic carbocycles. The van der Waals surface area contributed by atoms with Gasteiger partial charge in [-0.2, -0.15) is 0 Å². The molecule has 1 fully saturated rings. The van der Waals surface area contributed by atoms with E-state index < -0.39 is 5.82 Å². The highest BCUT2D eigenvalue weighted by Gasteiger charge is 2.28. The van der Waals surface area contributed by atoms with E-state index in [1.165, 1.54) is 29.5 Å². The Labute approximate surface area is 177 Å². The molecule has 0 spiro atoms. The lowest BCUT2D eigenvalue weighted by Gasteiger charge is -2.31. The van der Waals surface area contributed by atoms with Crippen LogP contribution in [0.5, 0.6) is 0 Å². The molecular weight excluding hydrogens is 403 g/mol. The normalized spacial score (nSPS) is 16.3. The summed E-state index contributed by atoms with van der Waals surface area (Å²) in [6, 6.07) is 13.3. The number of benzene rings is 2. The van der Waals surface area contributed by atoms with Crippen LogP contribution in [-0.4, -0.2) is 40.0 Å². The standard InChI is InChI=1S/C22H21FN4O2S/c1-14-6-2-3-10-18(14)24-19(28)21-26-25-20(30-21)16-8-5-11-27(13-16)22(29)15-7-4-9-17(23)12-15/h2-4,6-7,9-10,12,16H,5,8,11,13H2,1H3,(H,24,28)/t16-/m1/s1. The molecule has 0 saturated carbocycles. The largest absolute Gasteiger partial charge is 0.338 e. The molecular formula is C22H21FN4O2S. The molecule has 1 atom stereocenters. The Morgan fingerprint density at radius 2 is 2.00 bits per heavy atom. The lowest BCUT2D eigenvalue weighted by molar-refractivity contribution is 0.0706. The van der Waals surface area contributed by atoms with Crippen molar-refractivity contribution in [2.24, 2.45) is 0 Å². The maximum absolute atomic E-state index is 13.5. The first-order valence-corrected chi connectivity index (χ1v) is 10.6. The number of amides is 2. The molecule has 1 N–H and O–H groups in total. The number of carbonyl (C=O) groups excluding carboxylic acids is 2. The van der Waals surface area contributed by atoms with E-state index in [9.17, 15) is 14.0 Å². The molecule has 0 bridgehead atoms. The summed E-state index contributed by atoms with van der Waals surface area (Å²) in [6.45, 7) is 3.02. The quantitative estimate of drug-likeness (QED) is 0.679. The zero-order valence-electron chi connectivity index (χ0n) is 16.5. The van der Waals surface area contributed by atoms with Crippen molar-refractivity contribution < 1.29 is 14.0 Å². The fourth-order valence-electron chi connectivity index (χ4n) is 3.55. The topological polar surface area (TPSA) is 75.2 Å². The number of piperidine rings is 1. The van der Waals surface area contributed by atoms with Crippen molar-refractivity contribution >= 4 is 28.8 Å². The number of hydrogen-bond donors (Lipinski definition) is 1. The van der Waals surface area contributed by atoms with Gasteiger partial charge in [0.1, 0.15) is 10.8 Å². The molecule has 1 saturated heterocycles. The van der Waals surface area contributed by atoms with E-state index >= 15 is 0 Å². The number of aryl methyl sites for hydroxylation is 1. The van der Waals surface area contributed by atoms with E-state index in [-0.39, 0.29) is 17.7 Å². The van der Waals surface area contributed by atoms with Crippen molar-refractivity contribution in [1.29, 1.82) is 0 Å². The molecule has 0 radical (unpaired) electrons. The Bertz CT molecular complexity index is 1080. The van der Waals surface area contributed by atoms with Crippen molar-refractivity contribution in [2.45, 2.75) is 25.7 Å². The van der Waals surface area contributed by atoms with E-state index in [2.05, 4.69) is 15.5 Å². The first-order valence-electron chi connectivity index (χ1n) is 9.76. The van der Waals surface area contributed by atoms with Crippen LogP contribution < -0.4 is 5.32 Å². The second-order valence-corrected chi connectivity index (χ2v) is 8.32. The van der Waals surface area contributed by atoms with E-state index in [0.717, 1.165) is 29.1 Å². The number of nitrogens with zero attached hydrogens (tertiary/aromatic N) is 3. The van der Waals surface area contributed by atoms with Gasteiger partial charge in [0.25, 0.3) is 11.8 Å². The number of nitrogens with one attached hydrogen (secondary N) is 1. The molecule has 154 valence electrons. The molecule has 30 heavy (non-hydrogen) atoms. The fourth-order valence-corrected chi connectivity index (χ4v) is 4.41. The Kier molecular flexibility index (Phi) is 5.85. The van der Waals surface area contributed by atoms with Crippen LogP contribution in [0.4, 0.5) is 10.1 Å². The van der Waals surface area contributed by atoms with Crippen LogP contribution in [0, 0.1) is 12.7 Å². The average Bonchev–Trinajstić information content (AvgIpc) is 3.25. The highest BCUT2D eigenvalue weighted by atomic mass is 32.1. The molecule has 1 aromatic heterocycles. The second-order valence-electron chi connectivity index (χ2n) is 7.32. The van der Waals surface area contributed by atoms with Crippen molar-refractivity contribution in [2.75, 3.05) is 18.4 Å². The van der Waals surface area contributed by atoms with Crippen LogP contribution in [0.1, 0.15) is 49.5 Å². The first-order chi connectivity index (χ1) is 14.5. The van der Waals surface area contributed by atoms with E-state index in [4.69, 9.17) is 0 Å². The summed E-state index contributed by atoms with van der Waals surface area (Å²) in [5.74, 6) is -0.908. The summed E-state index contributed by atoms with van der Waals surface area (Å²) in [6.07, 6.45) is 1.68. The van der Waals surface area contributed by atoms with Gasteiger partial charge in [0.2, 0.25) is 5.01 Å². The van der Waals surface area contributed by atoms with E-state index in [0.29, 0.717) is 23.7 Å². The molecule has 2 heterocycles. The Morgan fingerprint density at radius 1 is 1.17 bits per heavy atom. The summed E-state index contributed by atoms with van der Waals surface area (Å²) in [7, 11) is 0. The SMILES string of the molecule is Cc1ccccc1NC(=O)c1nnc([C@@H]2CCCN(C(=O)c3cccc(F)c3)C2)s1. The molecule has 0 aliphatic carbocycles. The summed E-state index contributed by atoms with van der Waals surface area (Å²) in [5, 5.41) is 12.2. The van der Waals surface area contributed by atoms with Crippen LogP contribution in [0.15, 0.2) is 48.5 Å². The highest BCUT2D eigenvalue weighted by molar-refractivity contribution is 7.13. The van der Waals surface area contributed by atoms with Gasteiger partial charge in [0.15, 0.2) is 0 Å². The minimum atomic E-state index is -0.428. The Balaban J connectivity index is 1.44. The number of carbonyl (C=O) groups is 2. The van der Waals surface area contributed by atoms with Crippen LogP contribution >= 0.6 is 11.3 Å². The van der Waals surface area contributed by atoms with Crippen LogP contribution in [-0.2, 0) is 0 Å². The summed E-state index contributed by atoms with van der Waals surface area (Å²) in [5.41, 5.74) is 2.05. The minimum absolute atomic E-state index is 0.00812. The fraction of sp³-hybridized carbons (Fsp3) is 0.273. The lowest BCUT2D eigenvalue weighted by atomic mass is 9.98. The third-order valence-electron chi connectivity index (χ3n) is 5.16. The second kappa shape index (κ2) is 8.71. The van der Waals surface area contributed by atoms with E-state index in [1.807, 2.05) is 31.2 Å². The summed E-state index contributed by atoms with van der Waals surface area (Å²) < 4.78 is 13.5. The molecule has 0 unspecified atom stereocenters. The van der Waals surface area contributed by atoms with Gasteiger partial charge < -0.3 is 10.2 Å². The van der Waals surface area contributed by atoms with Crippen molar-refractivity contribution in [3.8, 4) is 0 Å². The van der Waals surface area contributed by atoms with Crippen molar-refractivity contribution in [1.82, 2.24) is 15.1 Å². The predicted molar refractivity (Wildman–Crippen MR) is 113 cm³/mol. The first kappa shape index (κ1) is 20.2. The van der Waals surface area contributed by atoms with Crippen molar-refractivity contribution in [3.05, 3.63) is 75.5 Å². The zero-order valence-corrected chi connectivity index (χ0v) is 17.3. The van der Waals surface area contributed by atoms with Gasteiger partial charge in [-0.1, -0.05) is 35.6 Å².